The fraction of sp³-hybridized carbons (Fsp3) is 0.778. The monoisotopic (exact) mass is 663 g/mol. The molecule has 8 heteroatoms. The topological polar surface area (TPSA) is 96.3 Å². The van der Waals surface area contributed by atoms with Gasteiger partial charge in [-0.1, -0.05) is 103 Å². The van der Waals surface area contributed by atoms with Crippen LogP contribution in [0.3, 0.4) is 0 Å². The summed E-state index contributed by atoms with van der Waals surface area (Å²) in [6, 6.07) is 4.05. The number of unbranched alkanes of at least 4 members (excludes halogenated alkanes) is 14. The molecule has 2 aliphatic heterocycles. The van der Waals surface area contributed by atoms with Gasteiger partial charge in [0.2, 0.25) is 0 Å². The fourth-order valence-corrected chi connectivity index (χ4v) is 8.33. The van der Waals surface area contributed by atoms with Crippen LogP contribution in [0.15, 0.2) is 12.1 Å². The first-order chi connectivity index (χ1) is 20.8. The molecular formula is C36H57NO6Zn. The molecule has 244 valence electrons. The zero-order valence-electron chi connectivity index (χ0n) is 27.8. The van der Waals surface area contributed by atoms with E-state index in [0.29, 0.717) is 30.8 Å². The summed E-state index contributed by atoms with van der Waals surface area (Å²) in [7, 11) is 3.70. The number of hydrogen-bond acceptors (Lipinski definition) is 6. The number of benzene rings is 1. The molecule has 2 heterocycles. The van der Waals surface area contributed by atoms with Gasteiger partial charge >= 0.3 is 5.97 Å². The second kappa shape index (κ2) is 17.4. The molecule has 0 aromatic heterocycles. The summed E-state index contributed by atoms with van der Waals surface area (Å²) < 4.78 is 11.6. The van der Waals surface area contributed by atoms with E-state index in [1.807, 2.05) is 6.07 Å². The van der Waals surface area contributed by atoms with Crippen molar-refractivity contribution in [1.29, 1.82) is 0 Å². The Labute approximate surface area is 278 Å². The van der Waals surface area contributed by atoms with Crippen molar-refractivity contribution in [1.82, 2.24) is 4.90 Å². The van der Waals surface area contributed by atoms with E-state index in [1.54, 1.807) is 7.11 Å². The van der Waals surface area contributed by atoms with Crippen molar-refractivity contribution in [3.63, 3.8) is 0 Å². The molecule has 5 rings (SSSR count). The van der Waals surface area contributed by atoms with E-state index < -0.39 is 23.1 Å². The van der Waals surface area contributed by atoms with Crippen LogP contribution in [-0.4, -0.2) is 65.3 Å². The Bertz CT molecular complexity index is 1080. The number of methoxy groups -OCH3 is 1. The molecule has 1 spiro atoms. The number of carboxylic acid groups (broad SMARTS) is 1. The Balaban J connectivity index is 0.000000239. The smallest absolute Gasteiger partial charge is 0.303 e. The third-order valence-corrected chi connectivity index (χ3v) is 10.7. The van der Waals surface area contributed by atoms with Gasteiger partial charge in [-0.3, -0.25) is 9.59 Å². The largest absolute Gasteiger partial charge is 0.493 e. The minimum atomic E-state index is -0.900. The Morgan fingerprint density at radius 1 is 0.955 bits per heavy atom. The first kappa shape index (κ1) is 37.0. The third-order valence-electron chi connectivity index (χ3n) is 10.7. The number of likely N-dealkylation sites (N-methyl/N-ethyl adjacent to an activating group) is 1. The van der Waals surface area contributed by atoms with Gasteiger partial charge < -0.3 is 24.6 Å². The van der Waals surface area contributed by atoms with Crippen LogP contribution in [-0.2, 0) is 40.9 Å². The second-order valence-corrected chi connectivity index (χ2v) is 13.5. The summed E-state index contributed by atoms with van der Waals surface area (Å²) in [5.41, 5.74) is 0.737. The summed E-state index contributed by atoms with van der Waals surface area (Å²) in [6.07, 6.45) is 22.1. The number of piperidine rings is 1. The van der Waals surface area contributed by atoms with Crippen LogP contribution in [0.25, 0.3) is 0 Å². The number of aliphatic carboxylic acids is 1. The maximum Gasteiger partial charge on any atom is 0.303 e. The second-order valence-electron chi connectivity index (χ2n) is 13.5. The number of carboxylic acids is 1. The van der Waals surface area contributed by atoms with Gasteiger partial charge in [-0.2, -0.15) is 0 Å². The Morgan fingerprint density at radius 2 is 1.52 bits per heavy atom. The van der Waals surface area contributed by atoms with Crippen LogP contribution >= 0.6 is 0 Å². The van der Waals surface area contributed by atoms with Crippen LogP contribution < -0.4 is 9.47 Å². The number of Topliss-reactive ketones (excluding diaryl/α,β-unsaturated/α-hetero) is 1. The molecule has 44 heavy (non-hydrogen) atoms. The van der Waals surface area contributed by atoms with Gasteiger partial charge in [-0.25, -0.2) is 0 Å². The summed E-state index contributed by atoms with van der Waals surface area (Å²) in [6.45, 7) is 3.14. The van der Waals surface area contributed by atoms with Crippen LogP contribution in [0.5, 0.6) is 11.5 Å². The normalized spacial score (nSPS) is 26.1. The average Bonchev–Trinajstić information content (AvgIpc) is 3.35. The Morgan fingerprint density at radius 3 is 2.07 bits per heavy atom. The van der Waals surface area contributed by atoms with Gasteiger partial charge in [0.15, 0.2) is 23.4 Å². The maximum absolute atomic E-state index is 12.7. The number of carbonyl (C=O) groups excluding carboxylic acids is 1. The quantitative estimate of drug-likeness (QED) is 0.133. The van der Waals surface area contributed by atoms with Crippen LogP contribution in [0.1, 0.15) is 140 Å². The number of nitrogens with zero attached hydrogens (tertiary/aromatic N) is 1. The van der Waals surface area contributed by atoms with Gasteiger partial charge in [0.25, 0.3) is 0 Å². The van der Waals surface area contributed by atoms with E-state index in [0.717, 1.165) is 37.8 Å². The first-order valence-corrected chi connectivity index (χ1v) is 17.3. The maximum atomic E-state index is 12.7. The minimum absolute atomic E-state index is 0. The molecular weight excluding hydrogens is 608 g/mol. The van der Waals surface area contributed by atoms with Crippen molar-refractivity contribution in [2.75, 3.05) is 20.7 Å². The molecule has 4 aliphatic rings. The molecule has 1 aromatic carbocycles. The van der Waals surface area contributed by atoms with Crippen molar-refractivity contribution in [2.24, 2.45) is 0 Å². The van der Waals surface area contributed by atoms with Crippen molar-refractivity contribution in [3.05, 3.63) is 23.3 Å². The number of rotatable bonds is 17. The van der Waals surface area contributed by atoms with E-state index in [9.17, 15) is 14.7 Å². The van der Waals surface area contributed by atoms with Gasteiger partial charge in [0, 0.05) is 43.9 Å². The third kappa shape index (κ3) is 7.89. The van der Waals surface area contributed by atoms with E-state index in [1.165, 1.54) is 89.0 Å². The molecule has 2 fully saturated rings. The van der Waals surface area contributed by atoms with Crippen molar-refractivity contribution in [3.8, 4) is 11.5 Å². The molecule has 0 amide bonds. The molecule has 1 aromatic rings. The number of carbonyl (C=O) groups is 2. The van der Waals surface area contributed by atoms with Crippen LogP contribution in [0, 0.1) is 0 Å². The molecule has 2 bridgehead atoms. The van der Waals surface area contributed by atoms with Crippen LogP contribution in [0.2, 0.25) is 0 Å². The molecule has 0 radical (unpaired) electrons. The van der Waals surface area contributed by atoms with Gasteiger partial charge in [0.1, 0.15) is 0 Å². The number of hydrogen-bond donors (Lipinski definition) is 2. The summed E-state index contributed by atoms with van der Waals surface area (Å²) in [4.78, 5) is 25.2. The molecule has 2 N–H and O–H groups in total. The minimum Gasteiger partial charge on any atom is -0.493 e. The summed E-state index contributed by atoms with van der Waals surface area (Å²) in [5.74, 6) is 0.815. The Hall–Kier alpha value is -1.50. The number of aliphatic hydroxyl groups is 1. The van der Waals surface area contributed by atoms with Gasteiger partial charge in [-0.15, -0.1) is 0 Å². The zero-order chi connectivity index (χ0) is 30.9. The molecule has 7 nitrogen and oxygen atoms in total. The molecule has 2 aliphatic carbocycles. The van der Waals surface area contributed by atoms with Crippen molar-refractivity contribution >= 4 is 11.8 Å². The number of ether oxygens (including phenoxy) is 2. The standard InChI is InChI=1S/C18H21NO4.C18H36O2.Zn/c1-19-8-7-17-14-10-3-4-12(22-2)15(14)23-16(17)11(20)5-6-18(17,21)13(19)9-10;1-2-3-4-5-6-7-8-9-10-11-12-13-14-15-16-17-18(19)20;/h3-4,13,16,21H,5-9H2,1-2H3;2-17H2,1H3,(H,19,20);/t13-,16+,17+,18-;;/m1../s1. The Kier molecular flexibility index (Phi) is 14.6. The predicted molar refractivity (Wildman–Crippen MR) is 170 cm³/mol. The predicted octanol–water partition coefficient (Wildman–Crippen LogP) is 7.38. The SMILES string of the molecule is CCCCCCCCCCCCCCCCCC(=O)O.COc1ccc2c3c1O[C@H]1C(=O)CC[C@@]4(O)[C@@H](C2)N(C)CC[C@]314.[Zn]. The van der Waals surface area contributed by atoms with Gasteiger partial charge in [-0.05, 0) is 50.9 Å². The van der Waals surface area contributed by atoms with E-state index in [-0.39, 0.29) is 31.3 Å². The van der Waals surface area contributed by atoms with E-state index in [4.69, 9.17) is 14.6 Å². The number of likely N-dealkylation sites (tertiary alicyclic amines) is 1. The number of ketones is 1. The molecule has 1 saturated heterocycles. The van der Waals surface area contributed by atoms with E-state index in [2.05, 4.69) is 24.9 Å². The zero-order valence-corrected chi connectivity index (χ0v) is 30.8. The molecule has 0 unspecified atom stereocenters. The summed E-state index contributed by atoms with van der Waals surface area (Å²) in [5, 5.41) is 20.3. The fourth-order valence-electron chi connectivity index (χ4n) is 8.33. The van der Waals surface area contributed by atoms with Crippen molar-refractivity contribution in [2.45, 2.75) is 159 Å². The average molecular weight is 665 g/mol. The molecule has 4 atom stereocenters. The van der Waals surface area contributed by atoms with Crippen molar-refractivity contribution < 1.29 is 48.8 Å². The van der Waals surface area contributed by atoms with Gasteiger partial charge in [0.05, 0.1) is 18.1 Å². The first-order valence-electron chi connectivity index (χ1n) is 17.3. The van der Waals surface area contributed by atoms with E-state index >= 15 is 0 Å². The summed E-state index contributed by atoms with van der Waals surface area (Å²) >= 11 is 0. The molecule has 1 saturated carbocycles. The van der Waals surface area contributed by atoms with Crippen LogP contribution in [0.4, 0.5) is 0 Å².